The van der Waals surface area contributed by atoms with Gasteiger partial charge in [0, 0.05) is 12.1 Å². The van der Waals surface area contributed by atoms with Crippen LogP contribution in [0.4, 0.5) is 0 Å². The van der Waals surface area contributed by atoms with Crippen LogP contribution in [-0.2, 0) is 14.5 Å². The quantitative estimate of drug-likeness (QED) is 0.546. The van der Waals surface area contributed by atoms with Gasteiger partial charge in [0.25, 0.3) is 0 Å². The van der Waals surface area contributed by atoms with Gasteiger partial charge in [-0.2, -0.15) is 13.1 Å². The first-order chi connectivity index (χ1) is 12.1. The fraction of sp³-hybridized carbons (Fsp3) is 0.600. The number of hydrogen-bond acceptors (Lipinski definition) is 6. The number of ether oxygens (including phenoxy) is 3. The van der Waals surface area contributed by atoms with Gasteiger partial charge >= 0.3 is 10.3 Å². The molecule has 0 bridgehead atoms. The molecule has 1 aromatic carbocycles. The molecule has 7 nitrogen and oxygen atoms in total. The molecule has 0 unspecified atom stereocenters. The standard InChI is InChI=1S/C15H22Cl3NO6S/c1-5-6-11(19-26(20,21)25-9-15(16,17)18)14-12(23-3)7-10(22-2)8-13(14)24-4/h7-8,11,19H,5-6,9H2,1-4H3/t11-/m0/s1. The van der Waals surface area contributed by atoms with Crippen molar-refractivity contribution in [1.29, 1.82) is 0 Å². The lowest BCUT2D eigenvalue weighted by Gasteiger charge is -2.23. The summed E-state index contributed by atoms with van der Waals surface area (Å²) in [4.78, 5) is 0. The lowest BCUT2D eigenvalue weighted by atomic mass is 10.0. The fourth-order valence-corrected chi connectivity index (χ4v) is 3.62. The maximum Gasteiger partial charge on any atom is 0.336 e. The largest absolute Gasteiger partial charge is 0.496 e. The molecule has 0 spiro atoms. The Kier molecular flexibility index (Phi) is 9.05. The van der Waals surface area contributed by atoms with E-state index in [1.807, 2.05) is 6.92 Å². The van der Waals surface area contributed by atoms with E-state index in [2.05, 4.69) is 4.72 Å². The summed E-state index contributed by atoms with van der Waals surface area (Å²) in [5, 5.41) is 0. The van der Waals surface area contributed by atoms with Crippen LogP contribution in [-0.4, -0.2) is 40.1 Å². The lowest BCUT2D eigenvalue weighted by Crippen LogP contribution is -2.33. The Morgan fingerprint density at radius 2 is 1.62 bits per heavy atom. The number of alkyl halides is 3. The van der Waals surface area contributed by atoms with Crippen LogP contribution >= 0.6 is 34.8 Å². The number of rotatable bonds is 10. The van der Waals surface area contributed by atoms with Crippen LogP contribution in [0.2, 0.25) is 0 Å². The van der Waals surface area contributed by atoms with Gasteiger partial charge in [-0.25, -0.2) is 0 Å². The van der Waals surface area contributed by atoms with E-state index in [0.29, 0.717) is 35.7 Å². The molecule has 0 heterocycles. The third-order valence-electron chi connectivity index (χ3n) is 3.34. The summed E-state index contributed by atoms with van der Waals surface area (Å²) in [7, 11) is 0.243. The van der Waals surface area contributed by atoms with Crippen LogP contribution in [0.1, 0.15) is 31.4 Å². The molecule has 0 aliphatic rings. The average Bonchev–Trinajstić information content (AvgIpc) is 2.57. The molecular formula is C15H22Cl3NO6S. The van der Waals surface area contributed by atoms with Crippen LogP contribution in [0, 0.1) is 0 Å². The van der Waals surface area contributed by atoms with Gasteiger partial charge in [0.05, 0.1) is 32.9 Å². The van der Waals surface area contributed by atoms with Crippen LogP contribution in [0.25, 0.3) is 0 Å². The minimum atomic E-state index is -4.20. The smallest absolute Gasteiger partial charge is 0.336 e. The van der Waals surface area contributed by atoms with Crippen molar-refractivity contribution in [3.63, 3.8) is 0 Å². The molecule has 0 saturated carbocycles. The van der Waals surface area contributed by atoms with Gasteiger partial charge in [-0.3, -0.25) is 4.18 Å². The van der Waals surface area contributed by atoms with E-state index < -0.39 is 26.7 Å². The number of methoxy groups -OCH3 is 3. The molecule has 0 fully saturated rings. The van der Waals surface area contributed by atoms with E-state index in [1.54, 1.807) is 12.1 Å². The van der Waals surface area contributed by atoms with Crippen molar-refractivity contribution in [3.05, 3.63) is 17.7 Å². The summed E-state index contributed by atoms with van der Waals surface area (Å²) in [5.74, 6) is 1.32. The van der Waals surface area contributed by atoms with Crippen molar-refractivity contribution in [2.75, 3.05) is 27.9 Å². The van der Waals surface area contributed by atoms with Crippen LogP contribution in [0.3, 0.4) is 0 Å². The summed E-state index contributed by atoms with van der Waals surface area (Å²) in [6.45, 7) is 1.29. The second-order valence-electron chi connectivity index (χ2n) is 5.24. The topological polar surface area (TPSA) is 83.1 Å². The maximum absolute atomic E-state index is 12.2. The summed E-state index contributed by atoms with van der Waals surface area (Å²) >= 11 is 16.6. The van der Waals surface area contributed by atoms with E-state index in [9.17, 15) is 8.42 Å². The van der Waals surface area contributed by atoms with E-state index in [1.165, 1.54) is 21.3 Å². The number of benzene rings is 1. The highest BCUT2D eigenvalue weighted by molar-refractivity contribution is 7.84. The third kappa shape index (κ3) is 7.17. The molecule has 0 aliphatic heterocycles. The highest BCUT2D eigenvalue weighted by Gasteiger charge is 2.29. The van der Waals surface area contributed by atoms with Crippen molar-refractivity contribution in [3.8, 4) is 17.2 Å². The molecule has 26 heavy (non-hydrogen) atoms. The molecule has 0 amide bonds. The molecule has 0 saturated heterocycles. The predicted molar refractivity (Wildman–Crippen MR) is 102 cm³/mol. The second kappa shape index (κ2) is 10.1. The zero-order chi connectivity index (χ0) is 20.0. The zero-order valence-electron chi connectivity index (χ0n) is 14.8. The SMILES string of the molecule is CCC[C@H](NS(=O)(=O)OCC(Cl)(Cl)Cl)c1c(OC)cc(OC)cc1OC. The van der Waals surface area contributed by atoms with Crippen LogP contribution in [0.5, 0.6) is 17.2 Å². The Morgan fingerprint density at radius 3 is 2.00 bits per heavy atom. The molecule has 0 radical (unpaired) electrons. The number of nitrogens with one attached hydrogen (secondary N) is 1. The molecule has 1 rings (SSSR count). The zero-order valence-corrected chi connectivity index (χ0v) is 17.9. The van der Waals surface area contributed by atoms with Gasteiger partial charge in [-0.15, -0.1) is 0 Å². The average molecular weight is 451 g/mol. The van der Waals surface area contributed by atoms with Gasteiger partial charge < -0.3 is 14.2 Å². The molecular weight excluding hydrogens is 429 g/mol. The highest BCUT2D eigenvalue weighted by atomic mass is 35.6. The molecule has 1 aromatic rings. The molecule has 150 valence electrons. The van der Waals surface area contributed by atoms with Gasteiger partial charge in [0.1, 0.15) is 23.9 Å². The first-order valence-electron chi connectivity index (χ1n) is 7.60. The summed E-state index contributed by atoms with van der Waals surface area (Å²) in [6, 6.07) is 2.59. The van der Waals surface area contributed by atoms with Crippen LogP contribution in [0.15, 0.2) is 12.1 Å². The van der Waals surface area contributed by atoms with Crippen molar-refractivity contribution < 1.29 is 26.8 Å². The van der Waals surface area contributed by atoms with Crippen LogP contribution < -0.4 is 18.9 Å². The Bertz CT molecular complexity index is 668. The minimum absolute atomic E-state index is 0.406. The monoisotopic (exact) mass is 449 g/mol. The lowest BCUT2D eigenvalue weighted by molar-refractivity contribution is 0.309. The normalized spacial score (nSPS) is 13.3. The molecule has 1 N–H and O–H groups in total. The Morgan fingerprint density at radius 1 is 1.08 bits per heavy atom. The molecule has 0 aromatic heterocycles. The summed E-state index contributed by atoms with van der Waals surface area (Å²) in [5.41, 5.74) is 0.513. The van der Waals surface area contributed by atoms with Crippen molar-refractivity contribution >= 4 is 45.1 Å². The summed E-state index contributed by atoms with van der Waals surface area (Å²) < 4.78 is 45.8. The molecule has 0 aliphatic carbocycles. The fourth-order valence-electron chi connectivity index (χ4n) is 2.28. The van der Waals surface area contributed by atoms with Gasteiger partial charge in [-0.05, 0) is 6.42 Å². The number of hydrogen-bond donors (Lipinski definition) is 1. The third-order valence-corrected chi connectivity index (χ3v) is 4.67. The van der Waals surface area contributed by atoms with Gasteiger partial charge in [0.15, 0.2) is 0 Å². The first kappa shape index (κ1) is 23.4. The highest BCUT2D eigenvalue weighted by Crippen LogP contribution is 2.40. The number of halogens is 3. The van der Waals surface area contributed by atoms with Gasteiger partial charge in [-0.1, -0.05) is 48.1 Å². The van der Waals surface area contributed by atoms with Gasteiger partial charge in [0.2, 0.25) is 3.79 Å². The van der Waals surface area contributed by atoms with E-state index in [4.69, 9.17) is 53.2 Å². The summed E-state index contributed by atoms with van der Waals surface area (Å²) in [6.07, 6.45) is 1.13. The Labute approximate surface area is 169 Å². The molecule has 11 heteroatoms. The molecule has 1 atom stereocenters. The van der Waals surface area contributed by atoms with E-state index >= 15 is 0 Å². The van der Waals surface area contributed by atoms with Crippen molar-refractivity contribution in [2.24, 2.45) is 0 Å². The van der Waals surface area contributed by atoms with Crippen molar-refractivity contribution in [1.82, 2.24) is 4.72 Å². The predicted octanol–water partition coefficient (Wildman–Crippen LogP) is 3.77. The Balaban J connectivity index is 3.24. The minimum Gasteiger partial charge on any atom is -0.496 e. The van der Waals surface area contributed by atoms with E-state index in [-0.39, 0.29) is 0 Å². The maximum atomic E-state index is 12.2. The van der Waals surface area contributed by atoms with Crippen molar-refractivity contribution in [2.45, 2.75) is 29.6 Å². The second-order valence-corrected chi connectivity index (χ2v) is 9.13. The Hall–Kier alpha value is -0.640. The first-order valence-corrected chi connectivity index (χ1v) is 10.1. The van der Waals surface area contributed by atoms with E-state index in [0.717, 1.165) is 0 Å².